The van der Waals surface area contributed by atoms with E-state index >= 15 is 0 Å². The SMILES string of the molecule is CCNc1ccc([N+](=O)[O-])cc1C(=O)NCC(N)=O. The molecule has 0 aliphatic carbocycles. The van der Waals surface area contributed by atoms with Crippen LogP contribution in [0.1, 0.15) is 17.3 Å². The number of amides is 2. The number of carbonyl (C=O) groups is 2. The van der Waals surface area contributed by atoms with Gasteiger partial charge in [0.25, 0.3) is 11.6 Å². The molecular weight excluding hydrogens is 252 g/mol. The lowest BCUT2D eigenvalue weighted by Crippen LogP contribution is -2.33. The number of rotatable bonds is 6. The molecule has 0 aliphatic rings. The highest BCUT2D eigenvalue weighted by Gasteiger charge is 2.16. The number of nitrogens with two attached hydrogens (primary N) is 1. The minimum absolute atomic E-state index is 0.0947. The normalized spacial score (nSPS) is 9.74. The third kappa shape index (κ3) is 3.95. The van der Waals surface area contributed by atoms with Gasteiger partial charge in [-0.25, -0.2) is 0 Å². The predicted molar refractivity (Wildman–Crippen MR) is 68.8 cm³/mol. The molecule has 8 heteroatoms. The molecule has 0 spiro atoms. The first kappa shape index (κ1) is 14.4. The molecule has 0 aliphatic heterocycles. The number of hydrogen-bond acceptors (Lipinski definition) is 5. The van der Waals surface area contributed by atoms with Crippen molar-refractivity contribution >= 4 is 23.2 Å². The van der Waals surface area contributed by atoms with Gasteiger partial charge in [0.15, 0.2) is 0 Å². The van der Waals surface area contributed by atoms with Gasteiger partial charge in [-0.05, 0) is 13.0 Å². The summed E-state index contributed by atoms with van der Waals surface area (Å²) >= 11 is 0. The van der Waals surface area contributed by atoms with E-state index in [4.69, 9.17) is 5.73 Å². The fraction of sp³-hybridized carbons (Fsp3) is 0.273. The second kappa shape index (κ2) is 6.34. The third-order valence-electron chi connectivity index (χ3n) is 2.25. The summed E-state index contributed by atoms with van der Waals surface area (Å²) < 4.78 is 0. The average molecular weight is 266 g/mol. The van der Waals surface area contributed by atoms with Crippen LogP contribution in [0.3, 0.4) is 0 Å². The monoisotopic (exact) mass is 266 g/mol. The number of anilines is 1. The molecule has 8 nitrogen and oxygen atoms in total. The largest absolute Gasteiger partial charge is 0.385 e. The molecule has 0 heterocycles. The first-order valence-corrected chi connectivity index (χ1v) is 5.54. The van der Waals surface area contributed by atoms with Crippen LogP contribution in [-0.2, 0) is 4.79 Å². The van der Waals surface area contributed by atoms with E-state index in [-0.39, 0.29) is 17.8 Å². The van der Waals surface area contributed by atoms with Gasteiger partial charge >= 0.3 is 0 Å². The minimum Gasteiger partial charge on any atom is -0.385 e. The number of nitrogens with one attached hydrogen (secondary N) is 2. The summed E-state index contributed by atoms with van der Waals surface area (Å²) in [4.78, 5) is 32.5. The number of benzene rings is 1. The molecule has 0 bridgehead atoms. The standard InChI is InChI=1S/C11H14N4O4/c1-2-13-9-4-3-7(15(18)19)5-8(9)11(17)14-6-10(12)16/h3-5,13H,2,6H2,1H3,(H2,12,16)(H,14,17). The number of nitro benzene ring substituents is 1. The van der Waals surface area contributed by atoms with E-state index in [1.807, 2.05) is 6.92 Å². The maximum atomic E-state index is 11.8. The van der Waals surface area contributed by atoms with Gasteiger partial charge in [0.1, 0.15) is 0 Å². The number of nitrogens with zero attached hydrogens (tertiary/aromatic N) is 1. The summed E-state index contributed by atoms with van der Waals surface area (Å²) in [5, 5.41) is 15.9. The Morgan fingerprint density at radius 3 is 2.63 bits per heavy atom. The molecule has 1 aromatic carbocycles. The van der Waals surface area contributed by atoms with E-state index in [0.717, 1.165) is 6.07 Å². The number of primary amides is 1. The number of non-ortho nitro benzene ring substituents is 1. The van der Waals surface area contributed by atoms with Crippen molar-refractivity contribution in [1.29, 1.82) is 0 Å². The third-order valence-corrected chi connectivity index (χ3v) is 2.25. The molecule has 19 heavy (non-hydrogen) atoms. The quantitative estimate of drug-likeness (QED) is 0.502. The molecule has 1 rings (SSSR count). The predicted octanol–water partition coefficient (Wildman–Crippen LogP) is 0.242. The minimum atomic E-state index is -0.691. The first-order valence-electron chi connectivity index (χ1n) is 5.54. The lowest BCUT2D eigenvalue weighted by molar-refractivity contribution is -0.384. The lowest BCUT2D eigenvalue weighted by Gasteiger charge is -2.10. The first-order chi connectivity index (χ1) is 8.95. The highest BCUT2D eigenvalue weighted by atomic mass is 16.6. The van der Waals surface area contributed by atoms with Gasteiger partial charge in [-0.15, -0.1) is 0 Å². The van der Waals surface area contributed by atoms with Crippen LogP contribution in [0, 0.1) is 10.1 Å². The molecule has 2 amide bonds. The van der Waals surface area contributed by atoms with Gasteiger partial charge in [0, 0.05) is 24.4 Å². The van der Waals surface area contributed by atoms with E-state index in [2.05, 4.69) is 10.6 Å². The van der Waals surface area contributed by atoms with Gasteiger partial charge in [-0.2, -0.15) is 0 Å². The van der Waals surface area contributed by atoms with Gasteiger partial charge < -0.3 is 16.4 Å². The van der Waals surface area contributed by atoms with Gasteiger partial charge in [-0.1, -0.05) is 0 Å². The molecule has 1 aromatic rings. The van der Waals surface area contributed by atoms with Crippen LogP contribution >= 0.6 is 0 Å². The number of carbonyl (C=O) groups excluding carboxylic acids is 2. The summed E-state index contributed by atoms with van der Waals surface area (Å²) in [5.74, 6) is -1.29. The van der Waals surface area contributed by atoms with Crippen LogP contribution in [0.5, 0.6) is 0 Å². The Morgan fingerprint density at radius 1 is 1.42 bits per heavy atom. The molecule has 0 unspecified atom stereocenters. The zero-order chi connectivity index (χ0) is 14.4. The Balaban J connectivity index is 3.05. The summed E-state index contributed by atoms with van der Waals surface area (Å²) in [5.41, 5.74) is 5.26. The zero-order valence-electron chi connectivity index (χ0n) is 10.3. The van der Waals surface area contributed by atoms with Crippen molar-refractivity contribution < 1.29 is 14.5 Å². The molecule has 102 valence electrons. The van der Waals surface area contributed by atoms with Crippen molar-refractivity contribution in [1.82, 2.24) is 5.32 Å². The van der Waals surface area contributed by atoms with Crippen LogP contribution in [-0.4, -0.2) is 29.8 Å². The van der Waals surface area contributed by atoms with E-state index in [0.29, 0.717) is 12.2 Å². The maximum absolute atomic E-state index is 11.8. The van der Waals surface area contributed by atoms with Crippen LogP contribution in [0.25, 0.3) is 0 Å². The molecule has 4 N–H and O–H groups in total. The molecule has 0 saturated heterocycles. The molecule has 0 atom stereocenters. The van der Waals surface area contributed by atoms with Crippen molar-refractivity contribution in [3.05, 3.63) is 33.9 Å². The zero-order valence-corrected chi connectivity index (χ0v) is 10.3. The smallest absolute Gasteiger partial charge is 0.270 e. The Labute approximate surface area is 109 Å². The van der Waals surface area contributed by atoms with Crippen molar-refractivity contribution in [3.63, 3.8) is 0 Å². The second-order valence-corrected chi connectivity index (χ2v) is 3.67. The van der Waals surface area contributed by atoms with Gasteiger partial charge in [0.05, 0.1) is 17.0 Å². The Hall–Kier alpha value is -2.64. The van der Waals surface area contributed by atoms with Gasteiger partial charge in [-0.3, -0.25) is 19.7 Å². The molecule has 0 radical (unpaired) electrons. The fourth-order valence-electron chi connectivity index (χ4n) is 1.44. The summed E-state index contributed by atoms with van der Waals surface area (Å²) in [7, 11) is 0. The summed E-state index contributed by atoms with van der Waals surface area (Å²) in [6.07, 6.45) is 0. The number of nitro groups is 1. The van der Waals surface area contributed by atoms with Crippen molar-refractivity contribution in [2.75, 3.05) is 18.4 Å². The molecule has 0 aromatic heterocycles. The topological polar surface area (TPSA) is 127 Å². The maximum Gasteiger partial charge on any atom is 0.270 e. The Morgan fingerprint density at radius 2 is 2.11 bits per heavy atom. The van der Waals surface area contributed by atoms with Crippen LogP contribution in [0.4, 0.5) is 11.4 Å². The molecule has 0 saturated carbocycles. The van der Waals surface area contributed by atoms with Crippen LogP contribution in [0.15, 0.2) is 18.2 Å². The van der Waals surface area contributed by atoms with Crippen LogP contribution < -0.4 is 16.4 Å². The van der Waals surface area contributed by atoms with E-state index in [9.17, 15) is 19.7 Å². The van der Waals surface area contributed by atoms with Crippen molar-refractivity contribution in [2.24, 2.45) is 5.73 Å². The average Bonchev–Trinajstić information content (AvgIpc) is 2.36. The fourth-order valence-corrected chi connectivity index (χ4v) is 1.44. The summed E-state index contributed by atoms with van der Waals surface area (Å²) in [6, 6.07) is 3.89. The van der Waals surface area contributed by atoms with E-state index in [1.165, 1.54) is 12.1 Å². The molecular formula is C11H14N4O4. The Kier molecular flexibility index (Phi) is 4.81. The highest BCUT2D eigenvalue weighted by molar-refractivity contribution is 6.01. The lowest BCUT2D eigenvalue weighted by atomic mass is 10.1. The van der Waals surface area contributed by atoms with Crippen molar-refractivity contribution in [3.8, 4) is 0 Å². The van der Waals surface area contributed by atoms with Crippen molar-refractivity contribution in [2.45, 2.75) is 6.92 Å². The molecule has 0 fully saturated rings. The summed E-state index contributed by atoms with van der Waals surface area (Å²) in [6.45, 7) is 2.05. The number of hydrogen-bond donors (Lipinski definition) is 3. The Bertz CT molecular complexity index is 515. The second-order valence-electron chi connectivity index (χ2n) is 3.67. The highest BCUT2D eigenvalue weighted by Crippen LogP contribution is 2.22. The van der Waals surface area contributed by atoms with Gasteiger partial charge in [0.2, 0.25) is 5.91 Å². The van der Waals surface area contributed by atoms with E-state index < -0.39 is 16.7 Å². The van der Waals surface area contributed by atoms with Crippen LogP contribution in [0.2, 0.25) is 0 Å². The van der Waals surface area contributed by atoms with E-state index in [1.54, 1.807) is 0 Å².